The molecule has 2 N–H and O–H groups in total. The van der Waals surface area contributed by atoms with Gasteiger partial charge in [0.05, 0.1) is 16.2 Å². The Labute approximate surface area is 94.0 Å². The van der Waals surface area contributed by atoms with E-state index in [0.717, 1.165) is 0 Å². The number of nitrogens with one attached hydrogen (secondary N) is 1. The summed E-state index contributed by atoms with van der Waals surface area (Å²) in [6, 6.07) is 4.02. The quantitative estimate of drug-likeness (QED) is 0.830. The summed E-state index contributed by atoms with van der Waals surface area (Å²) in [4.78, 5) is 10.9. The third-order valence-electron chi connectivity index (χ3n) is 2.23. The second-order valence-electron chi connectivity index (χ2n) is 3.17. The van der Waals surface area contributed by atoms with Gasteiger partial charge in [-0.15, -0.1) is 0 Å². The van der Waals surface area contributed by atoms with Crippen LogP contribution < -0.4 is 5.32 Å². The molecule has 1 aromatic carbocycles. The van der Waals surface area contributed by atoms with Crippen LogP contribution in [0.2, 0.25) is 0 Å². The maximum Gasteiger partial charge on any atom is 0.337 e. The summed E-state index contributed by atoms with van der Waals surface area (Å²) in [6.07, 6.45) is 0. The van der Waals surface area contributed by atoms with E-state index in [1.807, 2.05) is 0 Å². The highest BCUT2D eigenvalue weighted by molar-refractivity contribution is 7.91. The number of rotatable bonds is 4. The molecule has 0 fully saturated rings. The molecule has 6 heteroatoms. The molecule has 1 aromatic rings. The molecule has 0 aliphatic carbocycles. The van der Waals surface area contributed by atoms with Gasteiger partial charge in [-0.2, -0.15) is 0 Å². The third kappa shape index (κ3) is 2.33. The van der Waals surface area contributed by atoms with Gasteiger partial charge >= 0.3 is 5.97 Å². The van der Waals surface area contributed by atoms with Gasteiger partial charge in [-0.3, -0.25) is 0 Å². The molecule has 0 unspecified atom stereocenters. The van der Waals surface area contributed by atoms with Crippen molar-refractivity contribution in [3.05, 3.63) is 23.8 Å². The maximum atomic E-state index is 11.6. The summed E-state index contributed by atoms with van der Waals surface area (Å²) >= 11 is 0. The molecule has 16 heavy (non-hydrogen) atoms. The van der Waals surface area contributed by atoms with Crippen molar-refractivity contribution in [2.24, 2.45) is 0 Å². The molecule has 0 saturated carbocycles. The van der Waals surface area contributed by atoms with Crippen molar-refractivity contribution >= 4 is 21.5 Å². The number of hydrogen-bond donors (Lipinski definition) is 2. The summed E-state index contributed by atoms with van der Waals surface area (Å²) in [5, 5.41) is 11.6. The lowest BCUT2D eigenvalue weighted by Gasteiger charge is -2.07. The number of sulfone groups is 1. The molecule has 5 nitrogen and oxygen atoms in total. The second kappa shape index (κ2) is 4.52. The highest BCUT2D eigenvalue weighted by Crippen LogP contribution is 2.20. The molecule has 88 valence electrons. The topological polar surface area (TPSA) is 83.5 Å². The van der Waals surface area contributed by atoms with Crippen LogP contribution in [0.4, 0.5) is 5.69 Å². The van der Waals surface area contributed by atoms with Crippen LogP contribution in [0.3, 0.4) is 0 Å². The van der Waals surface area contributed by atoms with Crippen molar-refractivity contribution in [2.75, 3.05) is 18.1 Å². The highest BCUT2D eigenvalue weighted by Gasteiger charge is 2.16. The molecule has 0 bridgehead atoms. The lowest BCUT2D eigenvalue weighted by molar-refractivity contribution is 0.0697. The predicted octanol–water partition coefficient (Wildman–Crippen LogP) is 1.22. The smallest absolute Gasteiger partial charge is 0.337 e. The minimum atomic E-state index is -3.37. The lowest BCUT2D eigenvalue weighted by atomic mass is 10.2. The molecule has 0 amide bonds. The number of carbonyl (C=O) groups is 1. The highest BCUT2D eigenvalue weighted by atomic mass is 32.2. The monoisotopic (exact) mass is 243 g/mol. The first kappa shape index (κ1) is 12.5. The van der Waals surface area contributed by atoms with Crippen molar-refractivity contribution in [2.45, 2.75) is 11.8 Å². The Morgan fingerprint density at radius 1 is 1.44 bits per heavy atom. The van der Waals surface area contributed by atoms with Gasteiger partial charge in [0, 0.05) is 12.7 Å². The molecule has 0 saturated heterocycles. The Morgan fingerprint density at radius 3 is 2.50 bits per heavy atom. The summed E-state index contributed by atoms with van der Waals surface area (Å²) in [6.45, 7) is 1.52. The Bertz CT molecular complexity index is 508. The van der Waals surface area contributed by atoms with Gasteiger partial charge in [-0.25, -0.2) is 13.2 Å². The number of hydrogen-bond acceptors (Lipinski definition) is 4. The first-order valence-corrected chi connectivity index (χ1v) is 6.35. The number of aromatic carboxylic acids is 1. The number of anilines is 1. The summed E-state index contributed by atoms with van der Waals surface area (Å²) in [7, 11) is -1.79. The Kier molecular flexibility index (Phi) is 3.54. The van der Waals surface area contributed by atoms with E-state index < -0.39 is 15.8 Å². The maximum absolute atomic E-state index is 11.6. The fourth-order valence-electron chi connectivity index (χ4n) is 1.28. The van der Waals surface area contributed by atoms with Gasteiger partial charge in [0.25, 0.3) is 0 Å². The molecule has 0 heterocycles. The second-order valence-corrected chi connectivity index (χ2v) is 5.44. The number of carboxylic acid groups (broad SMARTS) is 1. The molecule has 0 radical (unpaired) electrons. The summed E-state index contributed by atoms with van der Waals surface area (Å²) in [5.74, 6) is -1.21. The average Bonchev–Trinajstić information content (AvgIpc) is 2.28. The minimum absolute atomic E-state index is 0.0337. The Balaban J connectivity index is 3.39. The molecule has 0 aliphatic rings. The van der Waals surface area contributed by atoms with Crippen LogP contribution in [0.25, 0.3) is 0 Å². The van der Waals surface area contributed by atoms with E-state index in [9.17, 15) is 13.2 Å². The number of carboxylic acids is 1. The molecule has 0 aromatic heterocycles. The van der Waals surface area contributed by atoms with Gasteiger partial charge in [-0.1, -0.05) is 6.92 Å². The summed E-state index contributed by atoms with van der Waals surface area (Å²) in [5.41, 5.74) is 0.347. The van der Waals surface area contributed by atoms with Crippen LogP contribution in [0.1, 0.15) is 17.3 Å². The van der Waals surface area contributed by atoms with Gasteiger partial charge in [0.15, 0.2) is 9.84 Å². The number of benzene rings is 1. The lowest BCUT2D eigenvalue weighted by Crippen LogP contribution is -2.08. The van der Waals surface area contributed by atoms with E-state index in [4.69, 9.17) is 5.11 Å². The molecule has 0 spiro atoms. The normalized spacial score (nSPS) is 11.1. The molecule has 0 aliphatic heterocycles. The molecular weight excluding hydrogens is 230 g/mol. The van der Waals surface area contributed by atoms with Crippen LogP contribution in [-0.4, -0.2) is 32.3 Å². The van der Waals surface area contributed by atoms with Gasteiger partial charge in [0.2, 0.25) is 0 Å². The van der Waals surface area contributed by atoms with Gasteiger partial charge < -0.3 is 10.4 Å². The standard InChI is InChI=1S/C10H13NO4S/c1-3-16(14,15)7-4-5-9(11-2)8(6-7)10(12)13/h4-6,11H,3H2,1-2H3,(H,12,13). The van der Waals surface area contributed by atoms with Crippen LogP contribution in [-0.2, 0) is 9.84 Å². The summed E-state index contributed by atoms with van der Waals surface area (Å²) < 4.78 is 23.1. The molecule has 1 rings (SSSR count). The van der Waals surface area contributed by atoms with E-state index >= 15 is 0 Å². The van der Waals surface area contributed by atoms with Crippen molar-refractivity contribution < 1.29 is 18.3 Å². The molecule has 0 atom stereocenters. The van der Waals surface area contributed by atoms with Crippen LogP contribution >= 0.6 is 0 Å². The largest absolute Gasteiger partial charge is 0.478 e. The zero-order valence-corrected chi connectivity index (χ0v) is 9.84. The minimum Gasteiger partial charge on any atom is -0.478 e. The first-order chi connectivity index (χ1) is 7.42. The van der Waals surface area contributed by atoms with Gasteiger partial charge in [0.1, 0.15) is 0 Å². The van der Waals surface area contributed by atoms with Crippen LogP contribution in [0.15, 0.2) is 23.1 Å². The van der Waals surface area contributed by atoms with Crippen molar-refractivity contribution in [1.29, 1.82) is 0 Å². The van der Waals surface area contributed by atoms with E-state index in [2.05, 4.69) is 5.32 Å². The van der Waals surface area contributed by atoms with E-state index in [0.29, 0.717) is 5.69 Å². The Hall–Kier alpha value is -1.56. The van der Waals surface area contributed by atoms with E-state index in [-0.39, 0.29) is 16.2 Å². The van der Waals surface area contributed by atoms with E-state index in [1.165, 1.54) is 25.1 Å². The van der Waals surface area contributed by atoms with Crippen molar-refractivity contribution in [1.82, 2.24) is 0 Å². The van der Waals surface area contributed by atoms with Crippen LogP contribution in [0, 0.1) is 0 Å². The van der Waals surface area contributed by atoms with Crippen molar-refractivity contribution in [3.63, 3.8) is 0 Å². The third-order valence-corrected chi connectivity index (χ3v) is 3.96. The SMILES string of the molecule is CCS(=O)(=O)c1ccc(NC)c(C(=O)O)c1. The fourth-order valence-corrected chi connectivity index (χ4v) is 2.18. The van der Waals surface area contributed by atoms with Crippen molar-refractivity contribution in [3.8, 4) is 0 Å². The average molecular weight is 243 g/mol. The van der Waals surface area contributed by atoms with E-state index in [1.54, 1.807) is 7.05 Å². The van der Waals surface area contributed by atoms with Crippen LogP contribution in [0.5, 0.6) is 0 Å². The first-order valence-electron chi connectivity index (χ1n) is 4.70. The predicted molar refractivity (Wildman–Crippen MR) is 60.7 cm³/mol. The Morgan fingerprint density at radius 2 is 2.06 bits per heavy atom. The van der Waals surface area contributed by atoms with Gasteiger partial charge in [-0.05, 0) is 18.2 Å². The fraction of sp³-hybridized carbons (Fsp3) is 0.300. The zero-order valence-electron chi connectivity index (χ0n) is 9.02. The molecular formula is C10H13NO4S. The zero-order chi connectivity index (χ0) is 12.3.